The molecule has 1 aromatic heterocycles. The first kappa shape index (κ1) is 21.1. The highest BCUT2D eigenvalue weighted by Crippen LogP contribution is 2.25. The average molecular weight is 441 g/mol. The third kappa shape index (κ3) is 4.71. The van der Waals surface area contributed by atoms with Gasteiger partial charge >= 0.3 is 0 Å². The maximum absolute atomic E-state index is 13.6. The van der Waals surface area contributed by atoms with Crippen LogP contribution in [-0.4, -0.2) is 51.7 Å². The second kappa shape index (κ2) is 9.38. The molecular weight excluding hydrogens is 415 g/mol. The summed E-state index contributed by atoms with van der Waals surface area (Å²) >= 11 is 0. The monoisotopic (exact) mass is 440 g/mol. The number of halogens is 1. The van der Waals surface area contributed by atoms with E-state index in [1.54, 1.807) is 16.8 Å². The molecule has 1 fully saturated rings. The summed E-state index contributed by atoms with van der Waals surface area (Å²) in [5.41, 5.74) is 4.06. The van der Waals surface area contributed by atoms with Crippen LogP contribution in [0.5, 0.6) is 0 Å². The minimum atomic E-state index is -0.217. The molecule has 1 aliphatic rings. The number of benzene rings is 3. The Morgan fingerprint density at radius 1 is 0.848 bits per heavy atom. The van der Waals surface area contributed by atoms with E-state index in [2.05, 4.69) is 4.90 Å². The molecule has 0 radical (unpaired) electrons. The fourth-order valence-corrected chi connectivity index (χ4v) is 4.23. The maximum atomic E-state index is 13.6. The highest BCUT2D eigenvalue weighted by Gasteiger charge is 2.26. The highest BCUT2D eigenvalue weighted by molar-refractivity contribution is 6.00. The Labute approximate surface area is 192 Å². The molecule has 4 aromatic rings. The van der Waals surface area contributed by atoms with Crippen LogP contribution < -0.4 is 0 Å². The van der Waals surface area contributed by atoms with Crippen molar-refractivity contribution in [3.8, 4) is 16.9 Å². The molecule has 0 aliphatic carbocycles. The van der Waals surface area contributed by atoms with Gasteiger partial charge in [-0.25, -0.2) is 9.07 Å². The number of aromatic nitrogens is 2. The average Bonchev–Trinajstić information content (AvgIpc) is 3.31. The van der Waals surface area contributed by atoms with Gasteiger partial charge in [-0.15, -0.1) is 0 Å². The second-order valence-corrected chi connectivity index (χ2v) is 8.24. The summed E-state index contributed by atoms with van der Waals surface area (Å²) in [7, 11) is 0. The van der Waals surface area contributed by atoms with Gasteiger partial charge in [0.25, 0.3) is 5.91 Å². The second-order valence-electron chi connectivity index (χ2n) is 8.24. The van der Waals surface area contributed by atoms with Crippen molar-refractivity contribution in [2.24, 2.45) is 0 Å². The molecule has 5 nitrogen and oxygen atoms in total. The SMILES string of the molecule is O=C(c1cn(-c2ccccc2)nc1-c1ccccc1)N1CCN(Cc2cccc(F)c2)CC1. The van der Waals surface area contributed by atoms with Crippen molar-refractivity contribution in [1.82, 2.24) is 19.6 Å². The first-order valence-corrected chi connectivity index (χ1v) is 11.1. The Hall–Kier alpha value is -3.77. The van der Waals surface area contributed by atoms with Crippen molar-refractivity contribution in [2.45, 2.75) is 6.54 Å². The fourth-order valence-electron chi connectivity index (χ4n) is 4.23. The number of rotatable bonds is 5. The summed E-state index contributed by atoms with van der Waals surface area (Å²) < 4.78 is 15.3. The van der Waals surface area contributed by atoms with Gasteiger partial charge in [-0.1, -0.05) is 60.7 Å². The molecule has 0 saturated carbocycles. The zero-order valence-electron chi connectivity index (χ0n) is 18.3. The minimum Gasteiger partial charge on any atom is -0.336 e. The van der Waals surface area contributed by atoms with Crippen LogP contribution in [0.4, 0.5) is 4.39 Å². The van der Waals surface area contributed by atoms with Gasteiger partial charge in [0.15, 0.2) is 0 Å². The Bertz CT molecular complexity index is 1230. The molecule has 2 heterocycles. The number of hydrogen-bond donors (Lipinski definition) is 0. The van der Waals surface area contributed by atoms with Crippen molar-refractivity contribution in [2.75, 3.05) is 26.2 Å². The number of piperazine rings is 1. The largest absolute Gasteiger partial charge is 0.336 e. The van der Waals surface area contributed by atoms with E-state index in [0.717, 1.165) is 29.9 Å². The lowest BCUT2D eigenvalue weighted by atomic mass is 10.1. The van der Waals surface area contributed by atoms with Crippen molar-refractivity contribution < 1.29 is 9.18 Å². The van der Waals surface area contributed by atoms with Gasteiger partial charge in [0.2, 0.25) is 0 Å². The molecule has 3 aromatic carbocycles. The molecule has 0 unspecified atom stereocenters. The van der Waals surface area contributed by atoms with Gasteiger partial charge in [0, 0.05) is 44.5 Å². The molecule has 0 N–H and O–H groups in total. The molecular formula is C27H25FN4O. The quantitative estimate of drug-likeness (QED) is 0.454. The Morgan fingerprint density at radius 3 is 2.24 bits per heavy atom. The number of para-hydroxylation sites is 1. The van der Waals surface area contributed by atoms with Gasteiger partial charge in [-0.05, 0) is 29.8 Å². The van der Waals surface area contributed by atoms with Gasteiger partial charge in [0.1, 0.15) is 11.5 Å². The Morgan fingerprint density at radius 2 is 1.55 bits per heavy atom. The van der Waals surface area contributed by atoms with E-state index >= 15 is 0 Å². The van der Waals surface area contributed by atoms with Crippen molar-refractivity contribution in [3.63, 3.8) is 0 Å². The predicted molar refractivity (Wildman–Crippen MR) is 127 cm³/mol. The van der Waals surface area contributed by atoms with Crippen LogP contribution in [0.3, 0.4) is 0 Å². The van der Waals surface area contributed by atoms with Crippen LogP contribution in [0.15, 0.2) is 91.1 Å². The smallest absolute Gasteiger partial charge is 0.257 e. The molecule has 33 heavy (non-hydrogen) atoms. The first-order chi connectivity index (χ1) is 16.2. The lowest BCUT2D eigenvalue weighted by molar-refractivity contribution is 0.0629. The Balaban J connectivity index is 1.35. The summed E-state index contributed by atoms with van der Waals surface area (Å²) in [5, 5.41) is 4.77. The molecule has 166 valence electrons. The molecule has 1 saturated heterocycles. The van der Waals surface area contributed by atoms with E-state index in [4.69, 9.17) is 5.10 Å². The van der Waals surface area contributed by atoms with Crippen molar-refractivity contribution in [1.29, 1.82) is 0 Å². The van der Waals surface area contributed by atoms with Crippen molar-refractivity contribution >= 4 is 5.91 Å². The zero-order chi connectivity index (χ0) is 22.6. The molecule has 0 atom stereocenters. The summed E-state index contributed by atoms with van der Waals surface area (Å²) in [5.74, 6) is -0.230. The third-order valence-electron chi connectivity index (χ3n) is 5.97. The van der Waals surface area contributed by atoms with Gasteiger partial charge in [-0.2, -0.15) is 5.10 Å². The molecule has 1 amide bonds. The summed E-state index contributed by atoms with van der Waals surface area (Å²) in [6.07, 6.45) is 1.83. The van der Waals surface area contributed by atoms with Gasteiger partial charge in [-0.3, -0.25) is 9.69 Å². The van der Waals surface area contributed by atoms with E-state index in [-0.39, 0.29) is 11.7 Å². The van der Waals surface area contributed by atoms with Crippen LogP contribution >= 0.6 is 0 Å². The van der Waals surface area contributed by atoms with Crippen LogP contribution in [0.2, 0.25) is 0 Å². The zero-order valence-corrected chi connectivity index (χ0v) is 18.3. The van der Waals surface area contributed by atoms with Crippen LogP contribution in [0.25, 0.3) is 16.9 Å². The fraction of sp³-hybridized carbons (Fsp3) is 0.185. The van der Waals surface area contributed by atoms with Crippen LogP contribution in [-0.2, 0) is 6.54 Å². The summed E-state index contributed by atoms with van der Waals surface area (Å²) in [6, 6.07) is 26.3. The number of hydrogen-bond acceptors (Lipinski definition) is 3. The first-order valence-electron chi connectivity index (χ1n) is 11.1. The highest BCUT2D eigenvalue weighted by atomic mass is 19.1. The standard InChI is InChI=1S/C27H25FN4O/c28-23-11-7-8-21(18-23)19-30-14-16-31(17-15-30)27(33)25-20-32(24-12-5-2-6-13-24)29-26(25)22-9-3-1-4-10-22/h1-13,18,20H,14-17,19H2. The van der Waals surface area contributed by atoms with Gasteiger partial charge in [0.05, 0.1) is 11.3 Å². The predicted octanol–water partition coefficient (Wildman–Crippen LogP) is 4.64. The summed E-state index contributed by atoms with van der Waals surface area (Å²) in [4.78, 5) is 17.7. The van der Waals surface area contributed by atoms with E-state index in [0.29, 0.717) is 30.9 Å². The molecule has 5 rings (SSSR count). The van der Waals surface area contributed by atoms with E-state index < -0.39 is 0 Å². The van der Waals surface area contributed by atoms with Gasteiger partial charge < -0.3 is 4.90 Å². The molecule has 1 aliphatic heterocycles. The number of carbonyl (C=O) groups is 1. The van der Waals surface area contributed by atoms with E-state index in [1.807, 2.05) is 77.8 Å². The normalized spacial score (nSPS) is 14.4. The van der Waals surface area contributed by atoms with Crippen LogP contribution in [0, 0.1) is 5.82 Å². The maximum Gasteiger partial charge on any atom is 0.257 e. The molecule has 0 spiro atoms. The van der Waals surface area contributed by atoms with Crippen LogP contribution in [0.1, 0.15) is 15.9 Å². The van der Waals surface area contributed by atoms with E-state index in [1.165, 1.54) is 6.07 Å². The minimum absolute atomic E-state index is 0.0126. The molecule has 6 heteroatoms. The number of nitrogens with zero attached hydrogens (tertiary/aromatic N) is 4. The summed E-state index contributed by atoms with van der Waals surface area (Å²) in [6.45, 7) is 3.42. The molecule has 0 bridgehead atoms. The van der Waals surface area contributed by atoms with Crippen molar-refractivity contribution in [3.05, 3.63) is 108 Å². The third-order valence-corrected chi connectivity index (χ3v) is 5.97. The number of amides is 1. The Kier molecular flexibility index (Phi) is 6.00. The lowest BCUT2D eigenvalue weighted by Gasteiger charge is -2.34. The number of carbonyl (C=O) groups excluding carboxylic acids is 1. The lowest BCUT2D eigenvalue weighted by Crippen LogP contribution is -2.48. The van der Waals surface area contributed by atoms with E-state index in [9.17, 15) is 9.18 Å². The topological polar surface area (TPSA) is 41.4 Å².